The van der Waals surface area contributed by atoms with Gasteiger partial charge in [0, 0.05) is 11.6 Å². The Bertz CT molecular complexity index is 435. The molecule has 3 heteroatoms. The number of ether oxygens (including phenoxy) is 1. The predicted molar refractivity (Wildman–Crippen MR) is 78.8 cm³/mol. The first-order valence-electron chi connectivity index (χ1n) is 6.57. The number of nitrogens with one attached hydrogen (secondary N) is 1. The van der Waals surface area contributed by atoms with Crippen LogP contribution in [0.3, 0.4) is 0 Å². The van der Waals surface area contributed by atoms with Crippen LogP contribution in [0.2, 0.25) is 0 Å². The van der Waals surface area contributed by atoms with Gasteiger partial charge in [0.15, 0.2) is 5.78 Å². The van der Waals surface area contributed by atoms with Gasteiger partial charge in [0.25, 0.3) is 0 Å². The molecule has 0 amide bonds. The van der Waals surface area contributed by atoms with Crippen LogP contribution in [0, 0.1) is 0 Å². The van der Waals surface area contributed by atoms with E-state index in [1.165, 1.54) is 0 Å². The molecule has 0 bridgehead atoms. The van der Waals surface area contributed by atoms with E-state index in [0.717, 1.165) is 11.3 Å². The summed E-state index contributed by atoms with van der Waals surface area (Å²) in [5, 5.41) is 3.20. The number of ketones is 1. The molecular formula is C16H23NO2. The van der Waals surface area contributed by atoms with Crippen LogP contribution in [0.1, 0.15) is 38.1 Å². The maximum absolute atomic E-state index is 12.1. The van der Waals surface area contributed by atoms with Crippen LogP contribution in [0.15, 0.2) is 36.4 Å². The Hall–Kier alpha value is -1.61. The Morgan fingerprint density at radius 3 is 2.32 bits per heavy atom. The summed E-state index contributed by atoms with van der Waals surface area (Å²) in [5.41, 5.74) is 1.67. The van der Waals surface area contributed by atoms with Gasteiger partial charge in [0.05, 0.1) is 6.04 Å². The molecule has 1 N–H and O–H groups in total. The number of hydrogen-bond acceptors (Lipinski definition) is 3. The lowest BCUT2D eigenvalue weighted by atomic mass is 10.0. The second-order valence-corrected chi connectivity index (χ2v) is 5.18. The SMILES string of the molecule is C=C(C)COc1ccc(C(=O)C(C)NC(C)C)cc1. The molecular weight excluding hydrogens is 238 g/mol. The fraction of sp³-hybridized carbons (Fsp3) is 0.438. The molecule has 3 nitrogen and oxygen atoms in total. The Labute approximate surface area is 115 Å². The molecule has 0 radical (unpaired) electrons. The second-order valence-electron chi connectivity index (χ2n) is 5.18. The monoisotopic (exact) mass is 261 g/mol. The highest BCUT2D eigenvalue weighted by Crippen LogP contribution is 2.14. The summed E-state index contributed by atoms with van der Waals surface area (Å²) in [4.78, 5) is 12.1. The molecule has 0 fully saturated rings. The van der Waals surface area contributed by atoms with Crippen molar-refractivity contribution in [2.75, 3.05) is 6.61 Å². The smallest absolute Gasteiger partial charge is 0.179 e. The van der Waals surface area contributed by atoms with Gasteiger partial charge < -0.3 is 10.1 Å². The third-order valence-corrected chi connectivity index (χ3v) is 2.60. The van der Waals surface area contributed by atoms with E-state index >= 15 is 0 Å². The van der Waals surface area contributed by atoms with Crippen molar-refractivity contribution in [3.63, 3.8) is 0 Å². The van der Waals surface area contributed by atoms with Crippen LogP contribution < -0.4 is 10.1 Å². The lowest BCUT2D eigenvalue weighted by molar-refractivity contribution is 0.0946. The van der Waals surface area contributed by atoms with Crippen molar-refractivity contribution >= 4 is 5.78 Å². The largest absolute Gasteiger partial charge is 0.489 e. The number of carbonyl (C=O) groups excluding carboxylic acids is 1. The average molecular weight is 261 g/mol. The fourth-order valence-electron chi connectivity index (χ4n) is 1.75. The maximum Gasteiger partial charge on any atom is 0.179 e. The van der Waals surface area contributed by atoms with E-state index in [1.807, 2.05) is 39.8 Å². The Morgan fingerprint density at radius 2 is 1.84 bits per heavy atom. The van der Waals surface area contributed by atoms with Crippen LogP contribution in [-0.4, -0.2) is 24.5 Å². The van der Waals surface area contributed by atoms with Gasteiger partial charge in [-0.25, -0.2) is 0 Å². The van der Waals surface area contributed by atoms with Crippen molar-refractivity contribution in [1.29, 1.82) is 0 Å². The first kappa shape index (κ1) is 15.4. The molecule has 0 heterocycles. The number of benzene rings is 1. The highest BCUT2D eigenvalue weighted by molar-refractivity contribution is 5.99. The minimum atomic E-state index is -0.179. The van der Waals surface area contributed by atoms with E-state index in [9.17, 15) is 4.79 Å². The minimum absolute atomic E-state index is 0.0974. The molecule has 0 aromatic heterocycles. The Kier molecular flexibility index (Phi) is 5.77. The molecule has 1 atom stereocenters. The van der Waals surface area contributed by atoms with Crippen molar-refractivity contribution in [3.05, 3.63) is 42.0 Å². The molecule has 0 aliphatic heterocycles. The van der Waals surface area contributed by atoms with Gasteiger partial charge in [0.2, 0.25) is 0 Å². The predicted octanol–water partition coefficient (Wildman–Crippen LogP) is 3.21. The number of hydrogen-bond donors (Lipinski definition) is 1. The van der Waals surface area contributed by atoms with Crippen molar-refractivity contribution in [2.45, 2.75) is 39.8 Å². The first-order valence-corrected chi connectivity index (χ1v) is 6.57. The third-order valence-electron chi connectivity index (χ3n) is 2.60. The van der Waals surface area contributed by atoms with Crippen LogP contribution in [0.4, 0.5) is 0 Å². The van der Waals surface area contributed by atoms with Crippen molar-refractivity contribution in [2.24, 2.45) is 0 Å². The quantitative estimate of drug-likeness (QED) is 0.605. The fourth-order valence-corrected chi connectivity index (χ4v) is 1.75. The lowest BCUT2D eigenvalue weighted by Gasteiger charge is -2.15. The van der Waals surface area contributed by atoms with Crippen molar-refractivity contribution in [1.82, 2.24) is 5.32 Å². The van der Waals surface area contributed by atoms with Gasteiger partial charge in [-0.15, -0.1) is 0 Å². The zero-order chi connectivity index (χ0) is 14.4. The third kappa shape index (κ3) is 5.26. The zero-order valence-corrected chi connectivity index (χ0v) is 12.2. The molecule has 1 unspecified atom stereocenters. The first-order chi connectivity index (χ1) is 8.90. The van der Waals surface area contributed by atoms with Crippen molar-refractivity contribution in [3.8, 4) is 5.75 Å². The molecule has 0 spiro atoms. The molecule has 0 saturated carbocycles. The summed E-state index contributed by atoms with van der Waals surface area (Å²) >= 11 is 0. The number of Topliss-reactive ketones (excluding diaryl/α,β-unsaturated/α-hetero) is 1. The summed E-state index contributed by atoms with van der Waals surface area (Å²) in [5.74, 6) is 0.851. The lowest BCUT2D eigenvalue weighted by Crippen LogP contribution is -2.38. The summed E-state index contributed by atoms with van der Waals surface area (Å²) in [6.45, 7) is 12.1. The Morgan fingerprint density at radius 1 is 1.26 bits per heavy atom. The maximum atomic E-state index is 12.1. The average Bonchev–Trinajstić information content (AvgIpc) is 2.35. The summed E-state index contributed by atoms with van der Waals surface area (Å²) < 4.78 is 5.50. The molecule has 0 aliphatic carbocycles. The van der Waals surface area contributed by atoms with Gasteiger partial charge in [-0.3, -0.25) is 4.79 Å². The van der Waals surface area contributed by atoms with E-state index in [4.69, 9.17) is 4.74 Å². The molecule has 19 heavy (non-hydrogen) atoms. The molecule has 1 aromatic rings. The van der Waals surface area contributed by atoms with Crippen LogP contribution in [0.5, 0.6) is 5.75 Å². The highest BCUT2D eigenvalue weighted by atomic mass is 16.5. The molecule has 1 rings (SSSR count). The van der Waals surface area contributed by atoms with Gasteiger partial charge in [-0.1, -0.05) is 20.4 Å². The summed E-state index contributed by atoms with van der Waals surface area (Å²) in [7, 11) is 0. The van der Waals surface area contributed by atoms with E-state index < -0.39 is 0 Å². The van der Waals surface area contributed by atoms with Gasteiger partial charge in [-0.2, -0.15) is 0 Å². The van der Waals surface area contributed by atoms with Gasteiger partial charge in [0.1, 0.15) is 12.4 Å². The van der Waals surface area contributed by atoms with Crippen molar-refractivity contribution < 1.29 is 9.53 Å². The summed E-state index contributed by atoms with van der Waals surface area (Å²) in [6.07, 6.45) is 0. The highest BCUT2D eigenvalue weighted by Gasteiger charge is 2.15. The second kappa shape index (κ2) is 7.10. The summed E-state index contributed by atoms with van der Waals surface area (Å²) in [6, 6.07) is 7.35. The van der Waals surface area contributed by atoms with E-state index in [-0.39, 0.29) is 17.9 Å². The molecule has 1 aromatic carbocycles. The van der Waals surface area contributed by atoms with Gasteiger partial charge in [-0.05, 0) is 43.7 Å². The Balaban J connectivity index is 2.65. The van der Waals surface area contributed by atoms with E-state index in [1.54, 1.807) is 12.1 Å². The molecule has 0 saturated heterocycles. The number of rotatable bonds is 7. The van der Waals surface area contributed by atoms with Crippen LogP contribution in [-0.2, 0) is 0 Å². The normalized spacial score (nSPS) is 12.3. The molecule has 104 valence electrons. The zero-order valence-electron chi connectivity index (χ0n) is 12.2. The van der Waals surface area contributed by atoms with E-state index in [0.29, 0.717) is 12.2 Å². The molecule has 0 aliphatic rings. The van der Waals surface area contributed by atoms with Gasteiger partial charge >= 0.3 is 0 Å². The minimum Gasteiger partial charge on any atom is -0.489 e. The van der Waals surface area contributed by atoms with E-state index in [2.05, 4.69) is 11.9 Å². The van der Waals surface area contributed by atoms with Crippen LogP contribution >= 0.6 is 0 Å². The number of carbonyl (C=O) groups is 1. The van der Waals surface area contributed by atoms with Crippen LogP contribution in [0.25, 0.3) is 0 Å². The standard InChI is InChI=1S/C16H23NO2/c1-11(2)10-19-15-8-6-14(7-9-15)16(18)13(5)17-12(3)4/h6-9,12-13,17H,1,10H2,2-5H3. The topological polar surface area (TPSA) is 38.3 Å².